The Morgan fingerprint density at radius 2 is 0.740 bits per heavy atom. The highest BCUT2D eigenvalue weighted by atomic mass is 32.1. The number of anilines is 6. The number of hydrogen-bond acceptors (Lipinski definition) is 4. The first-order valence-corrected chi connectivity index (χ1v) is 35.0. The maximum absolute atomic E-state index is 2.75. The van der Waals surface area contributed by atoms with E-state index >= 15 is 0 Å². The minimum absolute atomic E-state index is 0.0961. The molecule has 0 N–H and O–H groups in total. The molecule has 4 aliphatic heterocycles. The van der Waals surface area contributed by atoms with Crippen molar-refractivity contribution in [3.8, 4) is 33.4 Å². The van der Waals surface area contributed by atoms with Gasteiger partial charge in [-0.25, -0.2) is 0 Å². The van der Waals surface area contributed by atoms with Gasteiger partial charge in [0.05, 0.1) is 22.7 Å². The smallest absolute Gasteiger partial charge is 0.333 e. The van der Waals surface area contributed by atoms with Gasteiger partial charge in [-0.1, -0.05) is 243 Å². The summed E-state index contributed by atoms with van der Waals surface area (Å²) < 4.78 is 10.7. The summed E-state index contributed by atoms with van der Waals surface area (Å²) in [4.78, 5) is 5.30. The molecule has 0 atom stereocenters. The van der Waals surface area contributed by atoms with Crippen molar-refractivity contribution in [1.29, 1.82) is 0 Å². The van der Waals surface area contributed by atoms with Gasteiger partial charge in [0, 0.05) is 134 Å². The number of para-hydroxylation sites is 3. The molecule has 0 radical (unpaired) electrons. The topological polar surface area (TPSA) is 16.3 Å². The molecule has 0 saturated carbocycles. The Hall–Kier alpha value is -11.7. The summed E-state index contributed by atoms with van der Waals surface area (Å²) in [5, 5.41) is 20.3. The zero-order valence-corrected chi connectivity index (χ0v) is 53.1. The van der Waals surface area contributed by atoms with Crippen LogP contribution in [0.15, 0.2) is 291 Å². The largest absolute Gasteiger partial charge is 0.375 e. The molecule has 20 aromatic rings. The lowest BCUT2D eigenvalue weighted by atomic mass is 9.44. The summed E-state index contributed by atoms with van der Waals surface area (Å²) in [5.74, 6) is 0. The van der Waals surface area contributed by atoms with Crippen molar-refractivity contribution < 1.29 is 0 Å². The summed E-state index contributed by atoms with van der Waals surface area (Å²) >= 11 is 3.91. The number of fused-ring (bicyclic) bond motifs is 28. The van der Waals surface area contributed by atoms with Crippen molar-refractivity contribution in [1.82, 2.24) is 8.96 Å². The van der Waals surface area contributed by atoms with Crippen LogP contribution in [0.2, 0.25) is 0 Å². The third-order valence-corrected chi connectivity index (χ3v) is 24.7. The molecule has 24 rings (SSSR count). The van der Waals surface area contributed by atoms with Crippen molar-refractivity contribution in [3.05, 3.63) is 291 Å². The van der Waals surface area contributed by atoms with E-state index in [0.717, 1.165) is 0 Å². The molecule has 438 valence electrons. The predicted molar refractivity (Wildman–Crippen MR) is 415 cm³/mol. The van der Waals surface area contributed by atoms with E-state index in [1.54, 1.807) is 0 Å². The summed E-state index contributed by atoms with van der Waals surface area (Å²) in [6.07, 6.45) is 0. The fourth-order valence-electron chi connectivity index (χ4n) is 18.7. The van der Waals surface area contributed by atoms with Crippen LogP contribution in [0.3, 0.4) is 0 Å². The molecule has 4 aromatic heterocycles. The highest BCUT2D eigenvalue weighted by molar-refractivity contribution is 7.27. The van der Waals surface area contributed by atoms with Crippen LogP contribution < -0.4 is 31.7 Å². The molecule has 16 aromatic carbocycles. The lowest BCUT2D eigenvalue weighted by Gasteiger charge is -2.41. The number of hydrogen-bond donors (Lipinski definition) is 0. The molecule has 96 heavy (non-hydrogen) atoms. The van der Waals surface area contributed by atoms with Crippen LogP contribution in [-0.2, 0) is 0 Å². The molecule has 8 heteroatoms. The molecule has 0 unspecified atom stereocenters. The zero-order valence-electron chi connectivity index (χ0n) is 51.5. The molecular weight excluding hydrogens is 1200 g/mol. The average Bonchev–Trinajstić information content (AvgIpc) is 1.23. The number of benzene rings is 16. The Bertz CT molecular complexity index is 7020. The summed E-state index contributed by atoms with van der Waals surface area (Å²) in [7, 11) is 0. The second-order valence-corrected chi connectivity index (χ2v) is 28.9. The van der Waals surface area contributed by atoms with Gasteiger partial charge in [0.1, 0.15) is 0 Å². The number of nitrogens with zero attached hydrogens (tertiary/aromatic N) is 4. The average molecular weight is 1250 g/mol. The third kappa shape index (κ3) is 6.24. The quantitative estimate of drug-likeness (QED) is 0.164. The van der Waals surface area contributed by atoms with Crippen molar-refractivity contribution in [2.75, 3.05) is 9.80 Å². The number of rotatable bonds is 3. The Kier molecular flexibility index (Phi) is 9.62. The minimum atomic E-state index is -0.116. The molecular formula is C88H48B2N4S2. The molecule has 0 bridgehead atoms. The van der Waals surface area contributed by atoms with E-state index in [1.165, 1.54) is 216 Å². The van der Waals surface area contributed by atoms with Gasteiger partial charge in [-0.2, -0.15) is 0 Å². The lowest BCUT2D eigenvalue weighted by Crippen LogP contribution is -2.56. The molecule has 4 nitrogen and oxygen atoms in total. The standard InChI is InChI=1S/C88H48B2N4S2/c1-5-24-54-49(18-1)22-13-37-70(54)91-74-47-67-60-29-10-12-39-76(60)95-88(67)80-64-34-17-32-62-66-46-53(42-45-73(66)94(84(62)64)90(82(74)80)69-44-41-51-20-3-7-26-56(51)85(69)91)58-30-15-35-65-78-77(96-87(58)65)48-75-81-79(78)63-33-16-31-61-59-28-9-11-36-72(59)93(83(61)63)89(81)68-43-40-52-21-4-8-27-57(52)86(68)92(75)71-38-14-23-50-19-2-6-25-55(50)71/h1-48H. The van der Waals surface area contributed by atoms with Crippen LogP contribution in [0.25, 0.3) is 160 Å². The van der Waals surface area contributed by atoms with E-state index in [2.05, 4.69) is 310 Å². The van der Waals surface area contributed by atoms with E-state index in [-0.39, 0.29) is 13.7 Å². The molecule has 0 amide bonds. The monoisotopic (exact) mass is 1250 g/mol. The van der Waals surface area contributed by atoms with Gasteiger partial charge in [-0.05, 0) is 109 Å². The number of aromatic nitrogens is 2. The number of thiophene rings is 2. The fraction of sp³-hybridized carbons (Fsp3) is 0. The van der Waals surface area contributed by atoms with Gasteiger partial charge in [0.15, 0.2) is 0 Å². The van der Waals surface area contributed by atoms with Gasteiger partial charge in [0.2, 0.25) is 0 Å². The first kappa shape index (κ1) is 50.8. The van der Waals surface area contributed by atoms with Crippen LogP contribution in [0.4, 0.5) is 34.1 Å². The second-order valence-electron chi connectivity index (χ2n) is 26.8. The molecule has 0 aliphatic carbocycles. The minimum Gasteiger partial charge on any atom is -0.375 e. The van der Waals surface area contributed by atoms with Crippen molar-refractivity contribution in [3.63, 3.8) is 0 Å². The highest BCUT2D eigenvalue weighted by Gasteiger charge is 2.47. The zero-order chi connectivity index (χ0) is 61.9. The van der Waals surface area contributed by atoms with Crippen LogP contribution in [0.5, 0.6) is 0 Å². The second kappa shape index (κ2) is 18.2. The molecule has 0 spiro atoms. The van der Waals surface area contributed by atoms with Gasteiger partial charge >= 0.3 is 13.7 Å². The van der Waals surface area contributed by atoms with Gasteiger partial charge < -0.3 is 18.8 Å². The summed E-state index contributed by atoms with van der Waals surface area (Å²) in [5.41, 5.74) is 25.6. The van der Waals surface area contributed by atoms with E-state index < -0.39 is 0 Å². The van der Waals surface area contributed by atoms with Crippen LogP contribution in [-0.4, -0.2) is 22.7 Å². The Balaban J connectivity index is 0.783. The van der Waals surface area contributed by atoms with Crippen LogP contribution >= 0.6 is 22.7 Å². The van der Waals surface area contributed by atoms with Crippen molar-refractivity contribution in [2.45, 2.75) is 0 Å². The van der Waals surface area contributed by atoms with Crippen molar-refractivity contribution >= 4 is 219 Å². The normalized spacial score (nSPS) is 13.5. The van der Waals surface area contributed by atoms with Gasteiger partial charge in [-0.15, -0.1) is 22.7 Å². The maximum Gasteiger partial charge on any atom is 0.333 e. The van der Waals surface area contributed by atoms with Crippen molar-refractivity contribution in [2.24, 2.45) is 0 Å². The van der Waals surface area contributed by atoms with E-state index in [0.29, 0.717) is 0 Å². The first-order valence-electron chi connectivity index (χ1n) is 33.4. The van der Waals surface area contributed by atoms with E-state index in [1.807, 2.05) is 22.7 Å². The van der Waals surface area contributed by atoms with Gasteiger partial charge in [-0.3, -0.25) is 0 Å². The summed E-state index contributed by atoms with van der Waals surface area (Å²) in [6, 6.07) is 111. The summed E-state index contributed by atoms with van der Waals surface area (Å²) in [6.45, 7) is -0.212. The van der Waals surface area contributed by atoms with Crippen LogP contribution in [0, 0.1) is 0 Å². The SMILES string of the molecule is c1ccc2c(N3c4cc5c(sc6ccccc65)c5c4B(c4ccc6ccccc6c43)n3c4ccc(-c6cccc7c6sc6cc8c9c(c67)-c6cccc7c%10ccccc%10n(c67)B9c6ccc7ccccc7c6N8c6cccc7ccccc67)cc4c4cccc-5c43)cccc2c1. The Labute approximate surface area is 558 Å². The Morgan fingerprint density at radius 3 is 1.40 bits per heavy atom. The highest BCUT2D eigenvalue weighted by Crippen LogP contribution is 2.56. The van der Waals surface area contributed by atoms with Gasteiger partial charge in [0.25, 0.3) is 0 Å². The molecule has 0 saturated heterocycles. The van der Waals surface area contributed by atoms with Crippen LogP contribution in [0.1, 0.15) is 0 Å². The fourth-order valence-corrected chi connectivity index (χ4v) is 21.2. The van der Waals surface area contributed by atoms with E-state index in [9.17, 15) is 0 Å². The predicted octanol–water partition coefficient (Wildman–Crippen LogP) is 21.8. The lowest BCUT2D eigenvalue weighted by molar-refractivity contribution is 1.28. The first-order chi connectivity index (χ1) is 47.7. The molecule has 4 aliphatic rings. The Morgan fingerprint density at radius 1 is 0.271 bits per heavy atom. The molecule has 0 fully saturated rings. The third-order valence-electron chi connectivity index (χ3n) is 22.4. The maximum atomic E-state index is 2.75. The molecule has 8 heterocycles. The van der Waals surface area contributed by atoms with E-state index in [4.69, 9.17) is 0 Å².